The number of rotatable bonds is 2. The van der Waals surface area contributed by atoms with Gasteiger partial charge in [0.15, 0.2) is 11.6 Å². The molecule has 136 valence electrons. The van der Waals surface area contributed by atoms with Gasteiger partial charge in [-0.15, -0.1) is 11.3 Å². The number of halogens is 2. The molecule has 0 aliphatic heterocycles. The highest BCUT2D eigenvalue weighted by atomic mass is 32.1. The van der Waals surface area contributed by atoms with E-state index >= 15 is 0 Å². The van der Waals surface area contributed by atoms with Gasteiger partial charge in [0.05, 0.1) is 11.1 Å². The summed E-state index contributed by atoms with van der Waals surface area (Å²) in [6.07, 6.45) is 2.65. The third kappa shape index (κ3) is 3.36. The Hall–Kier alpha value is -2.26. The lowest BCUT2D eigenvalue weighted by atomic mass is 9.72. The highest BCUT2D eigenvalue weighted by Crippen LogP contribution is 2.44. The Kier molecular flexibility index (Phi) is 4.85. The van der Waals surface area contributed by atoms with Crippen LogP contribution < -0.4 is 5.32 Å². The number of carbonyl (C=O) groups excluding carboxylic acids is 1. The van der Waals surface area contributed by atoms with Gasteiger partial charge in [0.1, 0.15) is 11.1 Å². The molecule has 1 atom stereocenters. The summed E-state index contributed by atoms with van der Waals surface area (Å²) in [6.45, 7) is 6.62. The second-order valence-electron chi connectivity index (χ2n) is 7.68. The minimum atomic E-state index is -1.18. The summed E-state index contributed by atoms with van der Waals surface area (Å²) in [5, 5.41) is 12.6. The lowest BCUT2D eigenvalue weighted by Gasteiger charge is -2.33. The molecule has 0 saturated carbocycles. The fourth-order valence-corrected chi connectivity index (χ4v) is 4.65. The first-order chi connectivity index (χ1) is 12.2. The molecule has 1 N–H and O–H groups in total. The zero-order valence-corrected chi connectivity index (χ0v) is 15.8. The van der Waals surface area contributed by atoms with E-state index in [0.717, 1.165) is 35.8 Å². The molecule has 6 heteroatoms. The van der Waals surface area contributed by atoms with Crippen LogP contribution in [-0.4, -0.2) is 5.91 Å². The molecule has 0 spiro atoms. The molecule has 1 aliphatic carbocycles. The number of anilines is 1. The Morgan fingerprint density at radius 3 is 2.73 bits per heavy atom. The van der Waals surface area contributed by atoms with Crippen molar-refractivity contribution in [3.05, 3.63) is 51.4 Å². The van der Waals surface area contributed by atoms with Crippen molar-refractivity contribution in [3.8, 4) is 6.07 Å². The maximum Gasteiger partial charge on any atom is 0.259 e. The van der Waals surface area contributed by atoms with Crippen LogP contribution in [0.3, 0.4) is 0 Å². The number of hydrogen-bond donors (Lipinski definition) is 1. The minimum absolute atomic E-state index is 0.169. The van der Waals surface area contributed by atoms with Crippen LogP contribution in [0.4, 0.5) is 13.8 Å². The number of benzene rings is 1. The molecular formula is C20H20F2N2OS. The van der Waals surface area contributed by atoms with Gasteiger partial charge in [-0.25, -0.2) is 8.78 Å². The largest absolute Gasteiger partial charge is 0.312 e. The molecule has 0 saturated heterocycles. The van der Waals surface area contributed by atoms with Crippen molar-refractivity contribution in [2.24, 2.45) is 11.3 Å². The Labute approximate surface area is 155 Å². The molecule has 1 unspecified atom stereocenters. The number of nitriles is 1. The van der Waals surface area contributed by atoms with Gasteiger partial charge in [-0.1, -0.05) is 26.8 Å². The molecule has 3 rings (SSSR count). The number of nitrogens with one attached hydrogen (secondary N) is 1. The molecule has 1 aromatic heterocycles. The highest BCUT2D eigenvalue weighted by Gasteiger charge is 2.32. The minimum Gasteiger partial charge on any atom is -0.312 e. The van der Waals surface area contributed by atoms with Crippen molar-refractivity contribution in [2.45, 2.75) is 40.0 Å². The zero-order valence-electron chi connectivity index (χ0n) is 15.0. The zero-order chi connectivity index (χ0) is 19.1. The molecule has 0 bridgehead atoms. The highest BCUT2D eigenvalue weighted by molar-refractivity contribution is 7.16. The first-order valence-electron chi connectivity index (χ1n) is 8.52. The van der Waals surface area contributed by atoms with E-state index in [-0.39, 0.29) is 11.0 Å². The van der Waals surface area contributed by atoms with Gasteiger partial charge in [0.25, 0.3) is 5.91 Å². The van der Waals surface area contributed by atoms with E-state index in [9.17, 15) is 18.8 Å². The predicted octanol–water partition coefficient (Wildman–Crippen LogP) is 5.30. The van der Waals surface area contributed by atoms with Crippen LogP contribution in [0.25, 0.3) is 0 Å². The summed E-state index contributed by atoms with van der Waals surface area (Å²) >= 11 is 1.37. The van der Waals surface area contributed by atoms with Gasteiger partial charge >= 0.3 is 0 Å². The van der Waals surface area contributed by atoms with E-state index in [1.165, 1.54) is 23.5 Å². The third-order valence-electron chi connectivity index (χ3n) is 5.03. The maximum atomic E-state index is 13.8. The van der Waals surface area contributed by atoms with E-state index < -0.39 is 17.5 Å². The maximum absolute atomic E-state index is 13.8. The summed E-state index contributed by atoms with van der Waals surface area (Å²) in [5.41, 5.74) is 1.23. The first-order valence-corrected chi connectivity index (χ1v) is 9.34. The van der Waals surface area contributed by atoms with Crippen molar-refractivity contribution < 1.29 is 13.6 Å². The Balaban J connectivity index is 1.90. The molecule has 3 nitrogen and oxygen atoms in total. The fraction of sp³-hybridized carbons (Fsp3) is 0.400. The van der Waals surface area contributed by atoms with Crippen LogP contribution in [0.15, 0.2) is 18.2 Å². The fourth-order valence-electron chi connectivity index (χ4n) is 3.38. The topological polar surface area (TPSA) is 52.9 Å². The van der Waals surface area contributed by atoms with Gasteiger partial charge in [0, 0.05) is 4.88 Å². The normalized spacial score (nSPS) is 16.7. The van der Waals surface area contributed by atoms with Crippen LogP contribution in [0, 0.1) is 34.3 Å². The molecule has 0 radical (unpaired) electrons. The molecule has 26 heavy (non-hydrogen) atoms. The van der Waals surface area contributed by atoms with E-state index in [1.54, 1.807) is 0 Å². The van der Waals surface area contributed by atoms with Crippen LogP contribution >= 0.6 is 11.3 Å². The van der Waals surface area contributed by atoms with Gasteiger partial charge in [-0.3, -0.25) is 4.79 Å². The van der Waals surface area contributed by atoms with Gasteiger partial charge in [-0.2, -0.15) is 5.26 Å². The second kappa shape index (κ2) is 6.81. The third-order valence-corrected chi connectivity index (χ3v) is 6.19. The monoisotopic (exact) mass is 374 g/mol. The summed E-state index contributed by atoms with van der Waals surface area (Å²) in [5.74, 6) is -2.50. The van der Waals surface area contributed by atoms with Crippen molar-refractivity contribution >= 4 is 22.2 Å². The Morgan fingerprint density at radius 1 is 1.35 bits per heavy atom. The number of carbonyl (C=O) groups is 1. The second-order valence-corrected chi connectivity index (χ2v) is 8.79. The molecule has 2 aromatic rings. The van der Waals surface area contributed by atoms with Gasteiger partial charge in [0.2, 0.25) is 0 Å². The van der Waals surface area contributed by atoms with E-state index in [4.69, 9.17) is 0 Å². The lowest BCUT2D eigenvalue weighted by molar-refractivity contribution is 0.102. The summed E-state index contributed by atoms with van der Waals surface area (Å²) in [6, 6.07) is 5.64. The van der Waals surface area contributed by atoms with Crippen LogP contribution in [0.1, 0.15) is 53.6 Å². The quantitative estimate of drug-likeness (QED) is 0.775. The van der Waals surface area contributed by atoms with Gasteiger partial charge in [-0.05, 0) is 48.3 Å². The summed E-state index contributed by atoms with van der Waals surface area (Å²) in [4.78, 5) is 13.5. The predicted molar refractivity (Wildman–Crippen MR) is 98.3 cm³/mol. The van der Waals surface area contributed by atoms with Crippen molar-refractivity contribution in [1.82, 2.24) is 0 Å². The Bertz CT molecular complexity index is 906. The summed E-state index contributed by atoms with van der Waals surface area (Å²) in [7, 11) is 0. The molecule has 1 heterocycles. The standard InChI is InChI=1S/C20H20F2N2OS/c1-20(2,3)11-7-8-12-14(10-23)19(26-16(12)9-11)24-18(25)13-5-4-6-15(21)17(13)22/h4-6,11H,7-9H2,1-3H3,(H,24,25). The van der Waals surface area contributed by atoms with Crippen molar-refractivity contribution in [2.75, 3.05) is 5.32 Å². The molecule has 1 amide bonds. The smallest absolute Gasteiger partial charge is 0.259 e. The molecule has 1 aliphatic rings. The average molecular weight is 374 g/mol. The number of nitrogens with zero attached hydrogens (tertiary/aromatic N) is 1. The summed E-state index contributed by atoms with van der Waals surface area (Å²) < 4.78 is 27.2. The lowest BCUT2D eigenvalue weighted by Crippen LogP contribution is -2.26. The van der Waals surface area contributed by atoms with Crippen LogP contribution in [0.5, 0.6) is 0 Å². The van der Waals surface area contributed by atoms with Crippen LogP contribution in [0.2, 0.25) is 0 Å². The number of thiophene rings is 1. The number of amides is 1. The number of fused-ring (bicyclic) bond motifs is 1. The van der Waals surface area contributed by atoms with E-state index in [2.05, 4.69) is 32.2 Å². The number of hydrogen-bond acceptors (Lipinski definition) is 3. The Morgan fingerprint density at radius 2 is 2.08 bits per heavy atom. The van der Waals surface area contributed by atoms with Gasteiger partial charge < -0.3 is 5.32 Å². The van der Waals surface area contributed by atoms with Crippen molar-refractivity contribution in [1.29, 1.82) is 5.26 Å². The van der Waals surface area contributed by atoms with E-state index in [1.807, 2.05) is 0 Å². The molecule has 1 aromatic carbocycles. The first kappa shape index (κ1) is 18.5. The SMILES string of the molecule is CC(C)(C)C1CCc2c(sc(NC(=O)c3cccc(F)c3F)c2C#N)C1. The van der Waals surface area contributed by atoms with E-state index in [0.29, 0.717) is 16.5 Å². The molecular weight excluding hydrogens is 354 g/mol. The van der Waals surface area contributed by atoms with Crippen molar-refractivity contribution in [3.63, 3.8) is 0 Å². The molecule has 0 fully saturated rings. The average Bonchev–Trinajstić information content (AvgIpc) is 2.92. The van der Waals surface area contributed by atoms with Crippen LogP contribution in [-0.2, 0) is 12.8 Å².